The van der Waals surface area contributed by atoms with Crippen molar-refractivity contribution in [2.75, 3.05) is 26.7 Å². The van der Waals surface area contributed by atoms with Crippen LogP contribution in [0.2, 0.25) is 0 Å². The molecular weight excluding hydrogens is 274 g/mol. The highest BCUT2D eigenvalue weighted by Crippen LogP contribution is 2.19. The minimum atomic E-state index is -0.917. The first-order valence-corrected chi connectivity index (χ1v) is 6.60. The Balaban J connectivity index is 2.68. The van der Waals surface area contributed by atoms with Crippen LogP contribution in [-0.2, 0) is 4.79 Å². The molecule has 0 fully saturated rings. The predicted molar refractivity (Wildman–Crippen MR) is 77.5 cm³/mol. The lowest BCUT2D eigenvalue weighted by molar-refractivity contribution is -0.132. The molecule has 7 heteroatoms. The largest absolute Gasteiger partial charge is 0.508 e. The molecule has 3 amide bonds. The topological polar surface area (TPSA) is 107 Å². The van der Waals surface area contributed by atoms with Gasteiger partial charge in [0.15, 0.2) is 0 Å². The van der Waals surface area contributed by atoms with E-state index in [0.717, 1.165) is 4.90 Å². The number of carbonyl (C=O) groups excluding carboxylic acids is 2. The molecule has 1 aromatic carbocycles. The number of urea groups is 1. The number of hydrogen-bond acceptors (Lipinski definition) is 4. The lowest BCUT2D eigenvalue weighted by Crippen LogP contribution is -2.44. The fraction of sp³-hybridized carbons (Fsp3) is 0.429. The zero-order valence-corrected chi connectivity index (χ0v) is 12.2. The third-order valence-electron chi connectivity index (χ3n) is 3.13. The van der Waals surface area contributed by atoms with Crippen LogP contribution in [-0.4, -0.2) is 58.6 Å². The molecule has 0 saturated carbocycles. The molecule has 0 spiro atoms. The first-order chi connectivity index (χ1) is 9.85. The summed E-state index contributed by atoms with van der Waals surface area (Å²) in [5.41, 5.74) is 5.59. The summed E-state index contributed by atoms with van der Waals surface area (Å²) < 4.78 is 0. The minimum Gasteiger partial charge on any atom is -0.508 e. The molecule has 116 valence electrons. The van der Waals surface area contributed by atoms with Gasteiger partial charge >= 0.3 is 6.03 Å². The van der Waals surface area contributed by atoms with Gasteiger partial charge < -0.3 is 25.7 Å². The van der Waals surface area contributed by atoms with Crippen LogP contribution in [0, 0.1) is 0 Å². The molecule has 0 bridgehead atoms. The van der Waals surface area contributed by atoms with E-state index in [0.29, 0.717) is 12.1 Å². The van der Waals surface area contributed by atoms with Crippen molar-refractivity contribution in [2.24, 2.45) is 5.73 Å². The number of nitrogens with two attached hydrogens (primary N) is 1. The van der Waals surface area contributed by atoms with Crippen LogP contribution in [0.15, 0.2) is 24.3 Å². The third-order valence-corrected chi connectivity index (χ3v) is 3.13. The molecule has 4 N–H and O–H groups in total. The van der Waals surface area contributed by atoms with Crippen molar-refractivity contribution in [3.8, 4) is 5.75 Å². The average Bonchev–Trinajstić information content (AvgIpc) is 2.44. The van der Waals surface area contributed by atoms with Crippen molar-refractivity contribution >= 4 is 11.9 Å². The van der Waals surface area contributed by atoms with Crippen molar-refractivity contribution in [1.29, 1.82) is 0 Å². The standard InChI is InChI=1S/C14H21N3O4/c1-3-17(13(20)9-16(2)14(15)21)8-12(19)10-5-4-6-11(18)7-10/h4-7,12,18-19H,3,8-9H2,1-2H3,(H2,15,21). The number of aromatic hydroxyl groups is 1. The Morgan fingerprint density at radius 3 is 2.57 bits per heavy atom. The number of carbonyl (C=O) groups is 2. The zero-order valence-electron chi connectivity index (χ0n) is 12.2. The van der Waals surface area contributed by atoms with E-state index in [1.807, 2.05) is 0 Å². The van der Waals surface area contributed by atoms with E-state index in [2.05, 4.69) is 0 Å². The quantitative estimate of drug-likeness (QED) is 0.701. The molecule has 0 aliphatic heterocycles. The molecule has 0 aliphatic rings. The molecule has 1 aromatic rings. The maximum absolute atomic E-state index is 12.0. The van der Waals surface area contributed by atoms with E-state index in [9.17, 15) is 19.8 Å². The summed E-state index contributed by atoms with van der Waals surface area (Å²) in [4.78, 5) is 25.5. The highest BCUT2D eigenvalue weighted by molar-refractivity contribution is 5.83. The van der Waals surface area contributed by atoms with Gasteiger partial charge in [-0.15, -0.1) is 0 Å². The summed E-state index contributed by atoms with van der Waals surface area (Å²) in [6, 6.07) is 5.54. The number of aliphatic hydroxyl groups is 1. The van der Waals surface area contributed by atoms with Crippen molar-refractivity contribution in [3.63, 3.8) is 0 Å². The number of amides is 3. The van der Waals surface area contributed by atoms with Crippen LogP contribution in [0.1, 0.15) is 18.6 Å². The first kappa shape index (κ1) is 16.8. The summed E-state index contributed by atoms with van der Waals surface area (Å²) in [7, 11) is 1.43. The van der Waals surface area contributed by atoms with Gasteiger partial charge in [-0.05, 0) is 24.6 Å². The Kier molecular flexibility index (Phi) is 5.98. The highest BCUT2D eigenvalue weighted by Gasteiger charge is 2.19. The van der Waals surface area contributed by atoms with Crippen LogP contribution in [0.5, 0.6) is 5.75 Å². The molecule has 0 aromatic heterocycles. The molecule has 1 atom stereocenters. The fourth-order valence-corrected chi connectivity index (χ4v) is 1.83. The number of phenolic OH excluding ortho intramolecular Hbond substituents is 1. The summed E-state index contributed by atoms with van der Waals surface area (Å²) in [5, 5.41) is 19.5. The van der Waals surface area contributed by atoms with Gasteiger partial charge in [0.05, 0.1) is 12.6 Å². The number of rotatable bonds is 6. The van der Waals surface area contributed by atoms with Gasteiger partial charge in [-0.1, -0.05) is 12.1 Å². The second kappa shape index (κ2) is 7.49. The number of aliphatic hydroxyl groups excluding tert-OH is 1. The maximum atomic E-state index is 12.0. The predicted octanol–water partition coefficient (Wildman–Crippen LogP) is 0.285. The molecule has 1 unspecified atom stereocenters. The van der Waals surface area contributed by atoms with Gasteiger partial charge in [-0.3, -0.25) is 4.79 Å². The minimum absolute atomic E-state index is 0.0504. The summed E-state index contributed by atoms with van der Waals surface area (Å²) in [6.45, 7) is 2.10. The lowest BCUT2D eigenvalue weighted by Gasteiger charge is -2.26. The van der Waals surface area contributed by atoms with E-state index in [1.165, 1.54) is 24.1 Å². The lowest BCUT2D eigenvalue weighted by atomic mass is 10.1. The van der Waals surface area contributed by atoms with Gasteiger partial charge in [0, 0.05) is 13.6 Å². The molecular formula is C14H21N3O4. The number of phenols is 1. The average molecular weight is 295 g/mol. The second-order valence-electron chi connectivity index (χ2n) is 4.74. The fourth-order valence-electron chi connectivity index (χ4n) is 1.83. The Hall–Kier alpha value is -2.28. The van der Waals surface area contributed by atoms with Gasteiger partial charge in [-0.25, -0.2) is 4.79 Å². The zero-order chi connectivity index (χ0) is 16.0. The van der Waals surface area contributed by atoms with E-state index in [-0.39, 0.29) is 24.7 Å². The monoisotopic (exact) mass is 295 g/mol. The van der Waals surface area contributed by atoms with Gasteiger partial charge in [0.1, 0.15) is 12.3 Å². The normalized spacial score (nSPS) is 11.8. The molecule has 0 saturated heterocycles. The van der Waals surface area contributed by atoms with Crippen molar-refractivity contribution in [3.05, 3.63) is 29.8 Å². The number of primary amides is 1. The van der Waals surface area contributed by atoms with E-state index in [4.69, 9.17) is 5.73 Å². The number of nitrogens with zero attached hydrogens (tertiary/aromatic N) is 2. The van der Waals surface area contributed by atoms with Gasteiger partial charge in [-0.2, -0.15) is 0 Å². The number of benzene rings is 1. The van der Waals surface area contributed by atoms with Gasteiger partial charge in [0.2, 0.25) is 5.91 Å². The van der Waals surface area contributed by atoms with E-state index >= 15 is 0 Å². The van der Waals surface area contributed by atoms with Crippen LogP contribution < -0.4 is 5.73 Å². The molecule has 0 radical (unpaired) electrons. The molecule has 0 heterocycles. The SMILES string of the molecule is CCN(CC(O)c1cccc(O)c1)C(=O)CN(C)C(N)=O. The van der Waals surface area contributed by atoms with Crippen LogP contribution in [0.4, 0.5) is 4.79 Å². The second-order valence-corrected chi connectivity index (χ2v) is 4.74. The first-order valence-electron chi connectivity index (χ1n) is 6.60. The number of likely N-dealkylation sites (N-methyl/N-ethyl adjacent to an activating group) is 2. The molecule has 21 heavy (non-hydrogen) atoms. The highest BCUT2D eigenvalue weighted by atomic mass is 16.3. The van der Waals surface area contributed by atoms with Crippen LogP contribution in [0.25, 0.3) is 0 Å². The molecule has 0 aliphatic carbocycles. The Bertz CT molecular complexity index is 507. The van der Waals surface area contributed by atoms with E-state index in [1.54, 1.807) is 19.1 Å². The number of hydrogen-bond donors (Lipinski definition) is 3. The summed E-state index contributed by atoms with van der Waals surface area (Å²) in [5.74, 6) is -0.257. The summed E-state index contributed by atoms with van der Waals surface area (Å²) >= 11 is 0. The third kappa shape index (κ3) is 4.96. The Morgan fingerprint density at radius 2 is 2.05 bits per heavy atom. The Morgan fingerprint density at radius 1 is 1.38 bits per heavy atom. The van der Waals surface area contributed by atoms with Crippen molar-refractivity contribution in [1.82, 2.24) is 9.80 Å². The maximum Gasteiger partial charge on any atom is 0.314 e. The smallest absolute Gasteiger partial charge is 0.314 e. The van der Waals surface area contributed by atoms with Crippen molar-refractivity contribution < 1.29 is 19.8 Å². The molecule has 7 nitrogen and oxygen atoms in total. The van der Waals surface area contributed by atoms with E-state index < -0.39 is 12.1 Å². The van der Waals surface area contributed by atoms with Crippen LogP contribution >= 0.6 is 0 Å². The summed E-state index contributed by atoms with van der Waals surface area (Å²) in [6.07, 6.45) is -0.917. The van der Waals surface area contributed by atoms with Crippen molar-refractivity contribution in [2.45, 2.75) is 13.0 Å². The Labute approximate surface area is 123 Å². The van der Waals surface area contributed by atoms with Gasteiger partial charge in [0.25, 0.3) is 0 Å². The molecule has 1 rings (SSSR count). The van der Waals surface area contributed by atoms with Crippen LogP contribution in [0.3, 0.4) is 0 Å².